The van der Waals surface area contributed by atoms with E-state index in [2.05, 4.69) is 6.92 Å². The summed E-state index contributed by atoms with van der Waals surface area (Å²) in [4.78, 5) is 10.5. The van der Waals surface area contributed by atoms with Crippen LogP contribution in [0.2, 0.25) is 0 Å². The number of carbonyl (C=O) groups is 1. The van der Waals surface area contributed by atoms with E-state index in [0.29, 0.717) is 5.92 Å². The van der Waals surface area contributed by atoms with Crippen LogP contribution in [0.1, 0.15) is 39.5 Å². The molecule has 3 heteroatoms. The zero-order valence-electron chi connectivity index (χ0n) is 8.94. The van der Waals surface area contributed by atoms with Crippen LogP contribution in [0.15, 0.2) is 0 Å². The van der Waals surface area contributed by atoms with Crippen LogP contribution in [0.3, 0.4) is 0 Å². The maximum absolute atomic E-state index is 10.5. The molecule has 0 radical (unpaired) electrons. The van der Waals surface area contributed by atoms with Crippen LogP contribution in [0.25, 0.3) is 0 Å². The average Bonchev–Trinajstić information content (AvgIpc) is 2.01. The first-order valence-electron chi connectivity index (χ1n) is 5.40. The number of aliphatic carboxylic acids is 1. The van der Waals surface area contributed by atoms with Crippen LogP contribution >= 0.6 is 0 Å². The van der Waals surface area contributed by atoms with Crippen LogP contribution in [-0.4, -0.2) is 22.3 Å². The molecule has 0 bridgehead atoms. The molecule has 0 heterocycles. The zero-order chi connectivity index (χ0) is 10.7. The summed E-state index contributed by atoms with van der Waals surface area (Å²) in [6.45, 7) is 4.07. The van der Waals surface area contributed by atoms with Gasteiger partial charge in [-0.1, -0.05) is 20.3 Å². The highest BCUT2D eigenvalue weighted by molar-refractivity contribution is 5.67. The van der Waals surface area contributed by atoms with Crippen molar-refractivity contribution in [1.82, 2.24) is 0 Å². The Hall–Kier alpha value is -0.570. The Balaban J connectivity index is 2.46. The minimum Gasteiger partial charge on any atom is -0.481 e. The molecule has 82 valence electrons. The van der Waals surface area contributed by atoms with Gasteiger partial charge in [0.25, 0.3) is 0 Å². The molecule has 4 atom stereocenters. The van der Waals surface area contributed by atoms with Crippen molar-refractivity contribution in [2.45, 2.75) is 45.6 Å². The topological polar surface area (TPSA) is 57.5 Å². The van der Waals surface area contributed by atoms with Gasteiger partial charge in [-0.05, 0) is 30.6 Å². The fraction of sp³-hybridized carbons (Fsp3) is 0.909. The molecule has 0 unspecified atom stereocenters. The Morgan fingerprint density at radius 2 is 2.14 bits per heavy atom. The second-order valence-corrected chi connectivity index (χ2v) is 4.72. The molecule has 1 saturated carbocycles. The molecule has 0 aromatic rings. The van der Waals surface area contributed by atoms with Gasteiger partial charge in [0.05, 0.1) is 6.10 Å². The lowest BCUT2D eigenvalue weighted by Crippen LogP contribution is -2.33. The van der Waals surface area contributed by atoms with Crippen LogP contribution in [0, 0.1) is 17.8 Å². The van der Waals surface area contributed by atoms with Crippen molar-refractivity contribution in [3.8, 4) is 0 Å². The molecule has 0 aromatic carbocycles. The first-order valence-corrected chi connectivity index (χ1v) is 5.40. The van der Waals surface area contributed by atoms with Crippen LogP contribution < -0.4 is 0 Å². The number of rotatable bonds is 3. The van der Waals surface area contributed by atoms with E-state index in [1.54, 1.807) is 0 Å². The van der Waals surface area contributed by atoms with E-state index in [1.165, 1.54) is 0 Å². The number of aliphatic hydroxyl groups excluding tert-OH is 1. The third-order valence-electron chi connectivity index (χ3n) is 3.36. The number of carboxylic acid groups (broad SMARTS) is 1. The Kier molecular flexibility index (Phi) is 3.93. The van der Waals surface area contributed by atoms with Crippen molar-refractivity contribution in [3.63, 3.8) is 0 Å². The number of hydrogen-bond donors (Lipinski definition) is 2. The lowest BCUT2D eigenvalue weighted by Gasteiger charge is -2.34. The van der Waals surface area contributed by atoms with E-state index in [1.807, 2.05) is 6.92 Å². The third kappa shape index (κ3) is 2.98. The first kappa shape index (κ1) is 11.5. The highest BCUT2D eigenvalue weighted by Crippen LogP contribution is 2.34. The van der Waals surface area contributed by atoms with E-state index in [-0.39, 0.29) is 24.4 Å². The zero-order valence-corrected chi connectivity index (χ0v) is 8.94. The van der Waals surface area contributed by atoms with Gasteiger partial charge < -0.3 is 10.2 Å². The minimum absolute atomic E-state index is 0.0926. The van der Waals surface area contributed by atoms with Gasteiger partial charge >= 0.3 is 5.97 Å². The summed E-state index contributed by atoms with van der Waals surface area (Å²) in [7, 11) is 0. The predicted molar refractivity (Wildman–Crippen MR) is 53.9 cm³/mol. The SMILES string of the molecule is C[C@H]1CC[C@@H]([C@@H](C)CC(=O)O)[C@H](O)C1. The Morgan fingerprint density at radius 3 is 2.64 bits per heavy atom. The van der Waals surface area contributed by atoms with Gasteiger partial charge in [0.2, 0.25) is 0 Å². The standard InChI is InChI=1S/C11H20O3/c1-7-3-4-9(10(12)5-7)8(2)6-11(13)14/h7-10,12H,3-6H2,1-2H3,(H,13,14)/t7-,8-,9-,10+/m0/s1. The molecule has 0 spiro atoms. The molecule has 14 heavy (non-hydrogen) atoms. The summed E-state index contributed by atoms with van der Waals surface area (Å²) in [5.74, 6) is 0.0962. The molecule has 0 saturated heterocycles. The fourth-order valence-electron chi connectivity index (χ4n) is 2.46. The van der Waals surface area contributed by atoms with Crippen molar-refractivity contribution in [2.24, 2.45) is 17.8 Å². The van der Waals surface area contributed by atoms with Crippen molar-refractivity contribution in [1.29, 1.82) is 0 Å². The van der Waals surface area contributed by atoms with Crippen molar-refractivity contribution >= 4 is 5.97 Å². The molecule has 3 nitrogen and oxygen atoms in total. The van der Waals surface area contributed by atoms with Crippen molar-refractivity contribution in [2.75, 3.05) is 0 Å². The van der Waals surface area contributed by atoms with Gasteiger partial charge in [-0.25, -0.2) is 0 Å². The second kappa shape index (κ2) is 4.78. The average molecular weight is 200 g/mol. The summed E-state index contributed by atoms with van der Waals surface area (Å²) >= 11 is 0. The summed E-state index contributed by atoms with van der Waals surface area (Å²) in [5, 5.41) is 18.5. The normalized spacial score (nSPS) is 35.2. The van der Waals surface area contributed by atoms with Gasteiger partial charge in [0.15, 0.2) is 0 Å². The van der Waals surface area contributed by atoms with Crippen LogP contribution in [0.4, 0.5) is 0 Å². The van der Waals surface area contributed by atoms with Crippen molar-refractivity contribution < 1.29 is 15.0 Å². The second-order valence-electron chi connectivity index (χ2n) is 4.72. The summed E-state index contributed by atoms with van der Waals surface area (Å²) in [5.41, 5.74) is 0. The highest BCUT2D eigenvalue weighted by Gasteiger charge is 2.31. The monoisotopic (exact) mass is 200 g/mol. The fourth-order valence-corrected chi connectivity index (χ4v) is 2.46. The molecular formula is C11H20O3. The highest BCUT2D eigenvalue weighted by atomic mass is 16.4. The lowest BCUT2D eigenvalue weighted by atomic mass is 9.74. The molecule has 0 aromatic heterocycles. The van der Waals surface area contributed by atoms with Gasteiger partial charge in [0.1, 0.15) is 0 Å². The molecular weight excluding hydrogens is 180 g/mol. The van der Waals surface area contributed by atoms with Gasteiger partial charge in [0, 0.05) is 6.42 Å². The predicted octanol–water partition coefficient (Wildman–Crippen LogP) is 1.89. The first-order chi connectivity index (χ1) is 6.50. The van der Waals surface area contributed by atoms with Gasteiger partial charge in [-0.3, -0.25) is 4.79 Å². The lowest BCUT2D eigenvalue weighted by molar-refractivity contribution is -0.139. The Labute approximate surface area is 85.1 Å². The van der Waals surface area contributed by atoms with E-state index in [4.69, 9.17) is 5.11 Å². The Bertz CT molecular complexity index is 203. The minimum atomic E-state index is -0.761. The summed E-state index contributed by atoms with van der Waals surface area (Å²) in [6, 6.07) is 0. The van der Waals surface area contributed by atoms with E-state index in [9.17, 15) is 9.90 Å². The molecule has 1 aliphatic carbocycles. The van der Waals surface area contributed by atoms with Gasteiger partial charge in [-0.2, -0.15) is 0 Å². The smallest absolute Gasteiger partial charge is 0.303 e. The molecule has 1 rings (SSSR count). The number of aliphatic hydroxyl groups is 1. The van der Waals surface area contributed by atoms with Gasteiger partial charge in [-0.15, -0.1) is 0 Å². The Morgan fingerprint density at radius 1 is 1.50 bits per heavy atom. The third-order valence-corrected chi connectivity index (χ3v) is 3.36. The quantitative estimate of drug-likeness (QED) is 0.731. The van der Waals surface area contributed by atoms with E-state index < -0.39 is 5.97 Å². The molecule has 1 fully saturated rings. The summed E-state index contributed by atoms with van der Waals surface area (Å²) in [6.07, 6.45) is 2.79. The molecule has 1 aliphatic rings. The van der Waals surface area contributed by atoms with Crippen molar-refractivity contribution in [3.05, 3.63) is 0 Å². The maximum Gasteiger partial charge on any atom is 0.303 e. The molecule has 0 aliphatic heterocycles. The van der Waals surface area contributed by atoms with E-state index >= 15 is 0 Å². The van der Waals surface area contributed by atoms with Crippen LogP contribution in [-0.2, 0) is 4.79 Å². The molecule has 0 amide bonds. The maximum atomic E-state index is 10.5. The largest absolute Gasteiger partial charge is 0.481 e. The number of carboxylic acids is 1. The van der Waals surface area contributed by atoms with Crippen LogP contribution in [0.5, 0.6) is 0 Å². The van der Waals surface area contributed by atoms with E-state index in [0.717, 1.165) is 19.3 Å². The molecule has 2 N–H and O–H groups in total. The summed E-state index contributed by atoms with van der Waals surface area (Å²) < 4.78 is 0. The number of hydrogen-bond acceptors (Lipinski definition) is 2.